The van der Waals surface area contributed by atoms with Crippen LogP contribution in [0.1, 0.15) is 18.1 Å². The molecule has 1 fully saturated rings. The quantitative estimate of drug-likeness (QED) is 0.644. The van der Waals surface area contributed by atoms with Crippen LogP contribution >= 0.6 is 11.6 Å². The van der Waals surface area contributed by atoms with Crippen molar-refractivity contribution < 1.29 is 19.1 Å². The molecule has 6 nitrogen and oxygen atoms in total. The van der Waals surface area contributed by atoms with Gasteiger partial charge in [-0.25, -0.2) is 9.69 Å². The Kier molecular flexibility index (Phi) is 5.28. The second kappa shape index (κ2) is 7.63. The van der Waals surface area contributed by atoms with Crippen LogP contribution in [0.5, 0.6) is 5.75 Å². The zero-order valence-electron chi connectivity index (χ0n) is 14.8. The summed E-state index contributed by atoms with van der Waals surface area (Å²) in [6.07, 6.45) is 1.41. The topological polar surface area (TPSA) is 75.7 Å². The molecular weight excluding hydrogens is 368 g/mol. The lowest BCUT2D eigenvalue weighted by atomic mass is 10.1. The van der Waals surface area contributed by atoms with Crippen molar-refractivity contribution in [1.29, 1.82) is 0 Å². The average molecular weight is 385 g/mol. The van der Waals surface area contributed by atoms with Gasteiger partial charge >= 0.3 is 6.03 Å². The van der Waals surface area contributed by atoms with Gasteiger partial charge in [-0.05, 0) is 43.7 Å². The summed E-state index contributed by atoms with van der Waals surface area (Å²) in [5.74, 6) is -0.948. The highest BCUT2D eigenvalue weighted by Crippen LogP contribution is 2.28. The Hall–Kier alpha value is -3.12. The summed E-state index contributed by atoms with van der Waals surface area (Å²) in [5.41, 5.74) is 1.49. The van der Waals surface area contributed by atoms with Gasteiger partial charge in [0.15, 0.2) is 0 Å². The van der Waals surface area contributed by atoms with Crippen LogP contribution in [0.15, 0.2) is 48.0 Å². The standard InChI is InChI=1S/C20H17ClN2O4/c1-3-27-17-7-5-4-6-13(17)10-15-18(24)22-20(26)23(19(15)25)14-9-8-12(2)16(21)11-14/h4-11H,3H2,1-2H3,(H,22,24,26)/b15-10-. The van der Waals surface area contributed by atoms with E-state index in [2.05, 4.69) is 5.32 Å². The number of nitrogens with one attached hydrogen (secondary N) is 1. The number of urea groups is 1. The summed E-state index contributed by atoms with van der Waals surface area (Å²) in [4.78, 5) is 38.3. The smallest absolute Gasteiger partial charge is 0.335 e. The number of para-hydroxylation sites is 1. The summed E-state index contributed by atoms with van der Waals surface area (Å²) in [7, 11) is 0. The van der Waals surface area contributed by atoms with Crippen LogP contribution < -0.4 is 15.0 Å². The maximum absolute atomic E-state index is 12.9. The molecule has 0 atom stereocenters. The van der Waals surface area contributed by atoms with Crippen molar-refractivity contribution in [1.82, 2.24) is 5.32 Å². The van der Waals surface area contributed by atoms with Crippen LogP contribution in [0.2, 0.25) is 5.02 Å². The number of benzene rings is 2. The number of ether oxygens (including phenoxy) is 1. The highest BCUT2D eigenvalue weighted by atomic mass is 35.5. The van der Waals surface area contributed by atoms with E-state index >= 15 is 0 Å². The zero-order valence-corrected chi connectivity index (χ0v) is 15.5. The Morgan fingerprint density at radius 1 is 1.15 bits per heavy atom. The van der Waals surface area contributed by atoms with Gasteiger partial charge in [-0.2, -0.15) is 0 Å². The molecule has 3 rings (SSSR count). The molecule has 2 aromatic carbocycles. The molecule has 7 heteroatoms. The van der Waals surface area contributed by atoms with E-state index in [1.807, 2.05) is 13.8 Å². The number of hydrogen-bond acceptors (Lipinski definition) is 4. The first kappa shape index (κ1) is 18.7. The fourth-order valence-corrected chi connectivity index (χ4v) is 2.83. The highest BCUT2D eigenvalue weighted by molar-refractivity contribution is 6.39. The molecule has 1 N–H and O–H groups in total. The zero-order chi connectivity index (χ0) is 19.6. The SMILES string of the molecule is CCOc1ccccc1/C=C1/C(=O)NC(=O)N(c2ccc(C)c(Cl)c2)C1=O. The first-order valence-corrected chi connectivity index (χ1v) is 8.69. The van der Waals surface area contributed by atoms with Crippen molar-refractivity contribution in [3.8, 4) is 5.75 Å². The number of carbonyl (C=O) groups excluding carboxylic acids is 3. The molecule has 0 spiro atoms. The number of anilines is 1. The van der Waals surface area contributed by atoms with Crippen molar-refractivity contribution >= 4 is 41.2 Å². The van der Waals surface area contributed by atoms with Gasteiger partial charge in [-0.15, -0.1) is 0 Å². The number of barbiturate groups is 1. The molecular formula is C20H17ClN2O4. The number of imide groups is 2. The van der Waals surface area contributed by atoms with E-state index in [4.69, 9.17) is 16.3 Å². The van der Waals surface area contributed by atoms with Crippen molar-refractivity contribution in [2.45, 2.75) is 13.8 Å². The predicted octanol–water partition coefficient (Wildman–Crippen LogP) is 3.71. The Bertz CT molecular complexity index is 968. The van der Waals surface area contributed by atoms with E-state index in [-0.39, 0.29) is 11.3 Å². The van der Waals surface area contributed by atoms with Crippen LogP contribution in [0.3, 0.4) is 0 Å². The summed E-state index contributed by atoms with van der Waals surface area (Å²) in [6.45, 7) is 4.08. The van der Waals surface area contributed by atoms with Gasteiger partial charge in [-0.3, -0.25) is 14.9 Å². The molecule has 1 aliphatic rings. The van der Waals surface area contributed by atoms with Crippen LogP contribution in [0.25, 0.3) is 6.08 Å². The molecule has 2 aromatic rings. The Balaban J connectivity index is 2.04. The summed E-state index contributed by atoms with van der Waals surface area (Å²) >= 11 is 6.11. The molecule has 0 saturated carbocycles. The monoisotopic (exact) mass is 384 g/mol. The fraction of sp³-hybridized carbons (Fsp3) is 0.150. The summed E-state index contributed by atoms with van der Waals surface area (Å²) in [6, 6.07) is 11.0. The van der Waals surface area contributed by atoms with Crippen molar-refractivity contribution in [2.75, 3.05) is 11.5 Å². The van der Waals surface area contributed by atoms with Crippen LogP contribution in [-0.2, 0) is 9.59 Å². The van der Waals surface area contributed by atoms with E-state index in [9.17, 15) is 14.4 Å². The minimum atomic E-state index is -0.819. The van der Waals surface area contributed by atoms with Gasteiger partial charge in [0.05, 0.1) is 12.3 Å². The van der Waals surface area contributed by atoms with Crippen molar-refractivity contribution in [3.63, 3.8) is 0 Å². The Morgan fingerprint density at radius 3 is 2.59 bits per heavy atom. The lowest BCUT2D eigenvalue weighted by Gasteiger charge is -2.26. The second-order valence-electron chi connectivity index (χ2n) is 5.86. The van der Waals surface area contributed by atoms with Gasteiger partial charge < -0.3 is 4.74 Å². The molecule has 1 saturated heterocycles. The summed E-state index contributed by atoms with van der Waals surface area (Å²) in [5, 5.41) is 2.60. The van der Waals surface area contributed by atoms with Crippen LogP contribution in [0.4, 0.5) is 10.5 Å². The molecule has 0 unspecified atom stereocenters. The lowest BCUT2D eigenvalue weighted by molar-refractivity contribution is -0.122. The minimum Gasteiger partial charge on any atom is -0.493 e. The van der Waals surface area contributed by atoms with Crippen molar-refractivity contribution in [3.05, 3.63) is 64.2 Å². The molecule has 4 amide bonds. The van der Waals surface area contributed by atoms with E-state index in [1.54, 1.807) is 36.4 Å². The molecule has 1 heterocycles. The predicted molar refractivity (Wildman–Crippen MR) is 103 cm³/mol. The molecule has 0 aromatic heterocycles. The molecule has 0 bridgehead atoms. The maximum Gasteiger partial charge on any atom is 0.335 e. The molecule has 0 aliphatic carbocycles. The second-order valence-corrected chi connectivity index (χ2v) is 6.27. The van der Waals surface area contributed by atoms with Gasteiger partial charge in [-0.1, -0.05) is 35.9 Å². The van der Waals surface area contributed by atoms with Gasteiger partial charge in [0, 0.05) is 10.6 Å². The van der Waals surface area contributed by atoms with E-state index in [0.717, 1.165) is 10.5 Å². The Labute approximate surface area is 161 Å². The number of rotatable bonds is 4. The van der Waals surface area contributed by atoms with Gasteiger partial charge in [0.1, 0.15) is 11.3 Å². The molecule has 1 aliphatic heterocycles. The first-order chi connectivity index (χ1) is 12.9. The highest BCUT2D eigenvalue weighted by Gasteiger charge is 2.37. The summed E-state index contributed by atoms with van der Waals surface area (Å²) < 4.78 is 5.52. The molecule has 0 radical (unpaired) electrons. The number of hydrogen-bond donors (Lipinski definition) is 1. The molecule has 27 heavy (non-hydrogen) atoms. The first-order valence-electron chi connectivity index (χ1n) is 8.31. The van der Waals surface area contributed by atoms with E-state index in [1.165, 1.54) is 12.1 Å². The lowest BCUT2D eigenvalue weighted by Crippen LogP contribution is -2.54. The minimum absolute atomic E-state index is 0.168. The molecule has 138 valence electrons. The number of amides is 4. The third-order valence-electron chi connectivity index (χ3n) is 4.03. The van der Waals surface area contributed by atoms with Crippen molar-refractivity contribution in [2.24, 2.45) is 0 Å². The maximum atomic E-state index is 12.9. The number of aryl methyl sites for hydroxylation is 1. The van der Waals surface area contributed by atoms with Crippen LogP contribution in [-0.4, -0.2) is 24.5 Å². The Morgan fingerprint density at radius 2 is 1.89 bits per heavy atom. The third-order valence-corrected chi connectivity index (χ3v) is 4.44. The largest absolute Gasteiger partial charge is 0.493 e. The number of carbonyl (C=O) groups is 3. The van der Waals surface area contributed by atoms with Crippen LogP contribution in [0, 0.1) is 6.92 Å². The van der Waals surface area contributed by atoms with Gasteiger partial charge in [0.25, 0.3) is 11.8 Å². The number of nitrogens with zero attached hydrogens (tertiary/aromatic N) is 1. The average Bonchev–Trinajstić information content (AvgIpc) is 2.63. The van der Waals surface area contributed by atoms with E-state index in [0.29, 0.717) is 22.9 Å². The third kappa shape index (κ3) is 3.71. The van der Waals surface area contributed by atoms with E-state index < -0.39 is 17.8 Å². The number of halogens is 1. The normalized spacial score (nSPS) is 15.9. The fourth-order valence-electron chi connectivity index (χ4n) is 2.66. The van der Waals surface area contributed by atoms with Gasteiger partial charge in [0.2, 0.25) is 0 Å².